The Morgan fingerprint density at radius 1 is 1.28 bits per heavy atom. The normalized spacial score (nSPS) is 29.1. The molecule has 18 heavy (non-hydrogen) atoms. The predicted octanol–water partition coefficient (Wildman–Crippen LogP) is 2.22. The Morgan fingerprint density at radius 3 is 2.33 bits per heavy atom. The summed E-state index contributed by atoms with van der Waals surface area (Å²) >= 11 is 0. The number of carbonyl (C=O) groups is 1. The van der Waals surface area contributed by atoms with Crippen LogP contribution in [-0.4, -0.2) is 48.9 Å². The highest BCUT2D eigenvalue weighted by atomic mass is 16.2. The van der Waals surface area contributed by atoms with Crippen LogP contribution in [0.2, 0.25) is 0 Å². The van der Waals surface area contributed by atoms with Crippen molar-refractivity contribution < 1.29 is 4.79 Å². The molecule has 1 saturated heterocycles. The van der Waals surface area contributed by atoms with Gasteiger partial charge < -0.3 is 9.80 Å². The van der Waals surface area contributed by atoms with Crippen molar-refractivity contribution in [1.82, 2.24) is 9.80 Å². The fraction of sp³-hybridized carbons (Fsp3) is 0.933. The fourth-order valence-electron chi connectivity index (χ4n) is 3.29. The maximum absolute atomic E-state index is 12.3. The summed E-state index contributed by atoms with van der Waals surface area (Å²) < 4.78 is 0. The number of nitrogens with zero attached hydrogens (tertiary/aromatic N) is 2. The minimum Gasteiger partial charge on any atom is -0.341 e. The van der Waals surface area contributed by atoms with Crippen molar-refractivity contribution in [3.63, 3.8) is 0 Å². The number of likely N-dealkylation sites (N-methyl/N-ethyl adjacent to an activating group) is 1. The fourth-order valence-corrected chi connectivity index (χ4v) is 3.29. The number of hydrogen-bond acceptors (Lipinski definition) is 2. The van der Waals surface area contributed by atoms with Crippen LogP contribution in [0.3, 0.4) is 0 Å². The first-order valence-corrected chi connectivity index (χ1v) is 7.43. The molecule has 1 aliphatic carbocycles. The van der Waals surface area contributed by atoms with E-state index in [-0.39, 0.29) is 0 Å². The van der Waals surface area contributed by atoms with Crippen LogP contribution in [0.25, 0.3) is 0 Å². The lowest BCUT2D eigenvalue weighted by atomic mass is 9.83. The molecule has 104 valence electrons. The van der Waals surface area contributed by atoms with Crippen LogP contribution in [-0.2, 0) is 4.79 Å². The molecule has 2 aliphatic rings. The highest BCUT2D eigenvalue weighted by Crippen LogP contribution is 2.32. The summed E-state index contributed by atoms with van der Waals surface area (Å²) in [6, 6.07) is 0.537. The first kappa shape index (κ1) is 13.9. The van der Waals surface area contributed by atoms with Gasteiger partial charge in [-0.15, -0.1) is 0 Å². The molecule has 0 unspecified atom stereocenters. The van der Waals surface area contributed by atoms with Gasteiger partial charge in [0.25, 0.3) is 0 Å². The van der Waals surface area contributed by atoms with E-state index in [0.717, 1.165) is 19.5 Å². The van der Waals surface area contributed by atoms with Gasteiger partial charge in [-0.3, -0.25) is 4.79 Å². The smallest absolute Gasteiger partial charge is 0.222 e. The van der Waals surface area contributed by atoms with Gasteiger partial charge in [-0.1, -0.05) is 20.3 Å². The van der Waals surface area contributed by atoms with E-state index in [4.69, 9.17) is 0 Å². The maximum atomic E-state index is 12.3. The Kier molecular flexibility index (Phi) is 4.31. The van der Waals surface area contributed by atoms with Crippen molar-refractivity contribution in [2.45, 2.75) is 45.6 Å². The number of likely N-dealkylation sites (tertiary alicyclic amines) is 1. The summed E-state index contributed by atoms with van der Waals surface area (Å²) in [5.41, 5.74) is 0. The third kappa shape index (κ3) is 2.87. The lowest BCUT2D eigenvalue weighted by molar-refractivity contribution is -0.132. The third-order valence-corrected chi connectivity index (χ3v) is 4.89. The topological polar surface area (TPSA) is 23.6 Å². The molecule has 1 heterocycles. The van der Waals surface area contributed by atoms with Crippen LogP contribution in [0.15, 0.2) is 0 Å². The van der Waals surface area contributed by atoms with E-state index in [1.807, 2.05) is 0 Å². The van der Waals surface area contributed by atoms with Crippen LogP contribution in [0.5, 0.6) is 0 Å². The minimum atomic E-state index is 0.398. The van der Waals surface area contributed by atoms with Crippen LogP contribution in [0.4, 0.5) is 0 Å². The molecule has 0 aromatic carbocycles. The van der Waals surface area contributed by atoms with Gasteiger partial charge in [0.1, 0.15) is 0 Å². The number of carbonyl (C=O) groups excluding carboxylic acids is 1. The van der Waals surface area contributed by atoms with E-state index >= 15 is 0 Å². The minimum absolute atomic E-state index is 0.398. The van der Waals surface area contributed by atoms with Gasteiger partial charge in [-0.05, 0) is 44.7 Å². The van der Waals surface area contributed by atoms with Gasteiger partial charge in [0.05, 0.1) is 0 Å². The second-order valence-corrected chi connectivity index (χ2v) is 6.74. The van der Waals surface area contributed by atoms with Gasteiger partial charge in [0.2, 0.25) is 5.91 Å². The van der Waals surface area contributed by atoms with Gasteiger partial charge in [0.15, 0.2) is 0 Å². The van der Waals surface area contributed by atoms with E-state index in [0.29, 0.717) is 29.7 Å². The summed E-state index contributed by atoms with van der Waals surface area (Å²) in [6.07, 6.45) is 4.66. The van der Waals surface area contributed by atoms with E-state index < -0.39 is 0 Å². The Balaban J connectivity index is 1.92. The maximum Gasteiger partial charge on any atom is 0.222 e. The molecule has 0 N–H and O–H groups in total. The summed E-state index contributed by atoms with van der Waals surface area (Å²) in [5, 5.41) is 0. The standard InChI is InChI=1S/C15H28N2O/c1-11(2)13-9-17(10-14(13)16(3)4)15(18)8-12-6-5-7-12/h11-14H,5-10H2,1-4H3/t13-,14+/m0/s1. The molecule has 1 aliphatic heterocycles. The third-order valence-electron chi connectivity index (χ3n) is 4.89. The second kappa shape index (κ2) is 5.60. The molecule has 0 bridgehead atoms. The highest BCUT2D eigenvalue weighted by molar-refractivity contribution is 5.77. The van der Waals surface area contributed by atoms with Crippen LogP contribution >= 0.6 is 0 Å². The number of hydrogen-bond donors (Lipinski definition) is 0. The van der Waals surface area contributed by atoms with Crippen LogP contribution in [0.1, 0.15) is 39.5 Å². The summed E-state index contributed by atoms with van der Waals surface area (Å²) in [7, 11) is 4.28. The quantitative estimate of drug-likeness (QED) is 0.766. The number of rotatable bonds is 4. The molecule has 2 rings (SSSR count). The molecule has 2 fully saturated rings. The van der Waals surface area contributed by atoms with Crippen molar-refractivity contribution in [2.24, 2.45) is 17.8 Å². The molecular formula is C15H28N2O. The van der Waals surface area contributed by atoms with Crippen molar-refractivity contribution in [2.75, 3.05) is 27.2 Å². The molecule has 0 spiro atoms. The molecule has 0 aromatic heterocycles. The van der Waals surface area contributed by atoms with Gasteiger partial charge in [0, 0.05) is 25.6 Å². The van der Waals surface area contributed by atoms with Gasteiger partial charge in [-0.2, -0.15) is 0 Å². The zero-order valence-corrected chi connectivity index (χ0v) is 12.4. The molecule has 2 atom stereocenters. The van der Waals surface area contributed by atoms with E-state index in [1.54, 1.807) is 0 Å². The largest absolute Gasteiger partial charge is 0.341 e. The first-order valence-electron chi connectivity index (χ1n) is 7.43. The molecule has 0 aromatic rings. The Bertz CT molecular complexity index is 281. The monoisotopic (exact) mass is 252 g/mol. The Hall–Kier alpha value is -0.570. The average molecular weight is 252 g/mol. The van der Waals surface area contributed by atoms with E-state index in [9.17, 15) is 4.79 Å². The Labute approximate surface area is 112 Å². The van der Waals surface area contributed by atoms with Crippen molar-refractivity contribution in [1.29, 1.82) is 0 Å². The average Bonchev–Trinajstić information content (AvgIpc) is 2.68. The summed E-state index contributed by atoms with van der Waals surface area (Å²) in [5.74, 6) is 2.37. The zero-order valence-electron chi connectivity index (χ0n) is 12.4. The van der Waals surface area contributed by atoms with Crippen molar-refractivity contribution >= 4 is 5.91 Å². The Morgan fingerprint density at radius 2 is 1.94 bits per heavy atom. The summed E-state index contributed by atoms with van der Waals surface area (Å²) in [4.78, 5) is 16.7. The molecular weight excluding hydrogens is 224 g/mol. The predicted molar refractivity (Wildman–Crippen MR) is 74.3 cm³/mol. The lowest BCUT2D eigenvalue weighted by Crippen LogP contribution is -2.38. The lowest BCUT2D eigenvalue weighted by Gasteiger charge is -2.27. The second-order valence-electron chi connectivity index (χ2n) is 6.74. The molecule has 1 amide bonds. The highest BCUT2D eigenvalue weighted by Gasteiger charge is 2.38. The summed E-state index contributed by atoms with van der Waals surface area (Å²) in [6.45, 7) is 6.45. The van der Waals surface area contributed by atoms with Crippen LogP contribution in [0, 0.1) is 17.8 Å². The molecule has 3 nitrogen and oxygen atoms in total. The van der Waals surface area contributed by atoms with Crippen molar-refractivity contribution in [3.05, 3.63) is 0 Å². The van der Waals surface area contributed by atoms with Gasteiger partial charge >= 0.3 is 0 Å². The zero-order chi connectivity index (χ0) is 13.3. The number of amides is 1. The molecule has 3 heteroatoms. The van der Waals surface area contributed by atoms with E-state index in [2.05, 4.69) is 37.7 Å². The van der Waals surface area contributed by atoms with Gasteiger partial charge in [-0.25, -0.2) is 0 Å². The molecule has 1 saturated carbocycles. The first-order chi connectivity index (χ1) is 8.49. The van der Waals surface area contributed by atoms with Crippen molar-refractivity contribution in [3.8, 4) is 0 Å². The van der Waals surface area contributed by atoms with Crippen LogP contribution < -0.4 is 0 Å². The molecule has 0 radical (unpaired) electrons. The SMILES string of the molecule is CC(C)[C@@H]1CN(C(=O)CC2CCC2)C[C@H]1N(C)C. The van der Waals surface area contributed by atoms with E-state index in [1.165, 1.54) is 19.3 Å².